The number of carbonyl (C=O) groups is 1. The highest BCUT2D eigenvalue weighted by Gasteiger charge is 2.23. The number of pyridine rings is 2. The van der Waals surface area contributed by atoms with Crippen LogP contribution in [0.5, 0.6) is 5.88 Å². The molecular weight excluding hydrogens is 488 g/mol. The molecule has 39 heavy (non-hydrogen) atoms. The van der Waals surface area contributed by atoms with Crippen LogP contribution in [0.2, 0.25) is 0 Å². The fraction of sp³-hybridized carbons (Fsp3) is 0.290. The lowest BCUT2D eigenvalue weighted by Gasteiger charge is -2.27. The Morgan fingerprint density at radius 3 is 2.67 bits per heavy atom. The third-order valence-corrected chi connectivity index (χ3v) is 6.45. The van der Waals surface area contributed by atoms with Gasteiger partial charge < -0.3 is 15.4 Å². The number of anilines is 2. The number of benzene rings is 1. The Hall–Kier alpha value is -4.48. The molecule has 2 aromatic heterocycles. The molecule has 8 nitrogen and oxygen atoms in total. The van der Waals surface area contributed by atoms with E-state index in [1.165, 1.54) is 5.56 Å². The maximum Gasteiger partial charge on any atom is 0.237 e. The Kier molecular flexibility index (Phi) is 9.81. The maximum atomic E-state index is 11.9. The predicted octanol–water partition coefficient (Wildman–Crippen LogP) is 4.90. The summed E-state index contributed by atoms with van der Waals surface area (Å²) in [5.74, 6) is 1.43. The SMILES string of the molecule is C=C/C=C\C.N#Cc1ccc(CCNCC2CNc3cc(-c4ccc(N5CCCC5=O)nc4)cnc3O2)cc1. The molecule has 1 amide bonds. The van der Waals surface area contributed by atoms with E-state index in [1.807, 2.05) is 61.5 Å². The molecule has 2 aliphatic rings. The molecule has 1 atom stereocenters. The summed E-state index contributed by atoms with van der Waals surface area (Å²) in [6.07, 6.45) is 11.5. The molecule has 1 fully saturated rings. The van der Waals surface area contributed by atoms with Crippen LogP contribution in [0.25, 0.3) is 11.1 Å². The number of fused-ring (bicyclic) bond motifs is 1. The van der Waals surface area contributed by atoms with E-state index in [2.05, 4.69) is 33.2 Å². The predicted molar refractivity (Wildman–Crippen MR) is 155 cm³/mol. The first kappa shape index (κ1) is 27.6. The fourth-order valence-corrected chi connectivity index (χ4v) is 4.35. The zero-order valence-corrected chi connectivity index (χ0v) is 22.3. The first-order chi connectivity index (χ1) is 19.1. The second-order valence-electron chi connectivity index (χ2n) is 9.28. The molecule has 1 saturated heterocycles. The minimum Gasteiger partial charge on any atom is -0.470 e. The number of allylic oxidation sites excluding steroid dienone is 3. The third-order valence-electron chi connectivity index (χ3n) is 6.45. The standard InChI is InChI=1S/C26H26N6O2.C5H8/c27-13-19-5-3-18(4-6-19)9-10-28-16-22-17-29-23-12-21(15-31-26(23)34-22)20-7-8-24(30-14-20)32-11-1-2-25(32)33;1-3-5-4-2/h3-8,12,14-15,22,28-29H,1-2,9-11,16-17H2;3-5H,1H2,2H3/b;5-4-. The van der Waals surface area contributed by atoms with Gasteiger partial charge >= 0.3 is 0 Å². The summed E-state index contributed by atoms with van der Waals surface area (Å²) in [4.78, 5) is 22.7. The van der Waals surface area contributed by atoms with Crippen LogP contribution in [-0.4, -0.2) is 48.2 Å². The number of rotatable bonds is 8. The van der Waals surface area contributed by atoms with Gasteiger partial charge in [0.05, 0.1) is 23.9 Å². The Bertz CT molecular complexity index is 1330. The van der Waals surface area contributed by atoms with Gasteiger partial charge in [-0.1, -0.05) is 36.9 Å². The molecule has 0 radical (unpaired) electrons. The highest BCUT2D eigenvalue weighted by atomic mass is 16.5. The number of amides is 1. The fourth-order valence-electron chi connectivity index (χ4n) is 4.35. The summed E-state index contributed by atoms with van der Waals surface area (Å²) >= 11 is 0. The number of nitriles is 1. The average molecular weight is 523 g/mol. The van der Waals surface area contributed by atoms with E-state index in [1.54, 1.807) is 23.4 Å². The zero-order valence-electron chi connectivity index (χ0n) is 22.3. The van der Waals surface area contributed by atoms with E-state index in [4.69, 9.17) is 10.00 Å². The topological polar surface area (TPSA) is 103 Å². The van der Waals surface area contributed by atoms with E-state index in [9.17, 15) is 4.79 Å². The number of nitrogens with one attached hydrogen (secondary N) is 2. The maximum absolute atomic E-state index is 11.9. The molecule has 1 unspecified atom stereocenters. The second kappa shape index (κ2) is 13.9. The largest absolute Gasteiger partial charge is 0.470 e. The molecule has 0 bridgehead atoms. The van der Waals surface area contributed by atoms with Crippen LogP contribution in [0, 0.1) is 11.3 Å². The molecule has 1 aromatic carbocycles. The van der Waals surface area contributed by atoms with Gasteiger partial charge in [-0.05, 0) is 62.2 Å². The number of ether oxygens (including phenoxy) is 1. The zero-order chi connectivity index (χ0) is 27.5. The summed E-state index contributed by atoms with van der Waals surface area (Å²) in [6, 6.07) is 15.7. The van der Waals surface area contributed by atoms with Crippen LogP contribution in [-0.2, 0) is 11.2 Å². The smallest absolute Gasteiger partial charge is 0.237 e. The summed E-state index contributed by atoms with van der Waals surface area (Å²) in [6.45, 7) is 8.39. The van der Waals surface area contributed by atoms with Crippen molar-refractivity contribution in [2.45, 2.75) is 32.3 Å². The monoisotopic (exact) mass is 522 g/mol. The minimum absolute atomic E-state index is 0.00855. The Labute approximate surface area is 230 Å². The molecule has 2 aliphatic heterocycles. The molecule has 3 aromatic rings. The van der Waals surface area contributed by atoms with Crippen LogP contribution >= 0.6 is 0 Å². The Balaban J connectivity index is 0.000000648. The van der Waals surface area contributed by atoms with Crippen molar-refractivity contribution in [1.82, 2.24) is 15.3 Å². The molecule has 2 N–H and O–H groups in total. The summed E-state index contributed by atoms with van der Waals surface area (Å²) in [5.41, 5.74) is 4.63. The van der Waals surface area contributed by atoms with Gasteiger partial charge in [-0.25, -0.2) is 9.97 Å². The first-order valence-corrected chi connectivity index (χ1v) is 13.2. The van der Waals surface area contributed by atoms with Crippen LogP contribution in [0.15, 0.2) is 79.7 Å². The molecule has 0 aliphatic carbocycles. The Morgan fingerprint density at radius 2 is 2.03 bits per heavy atom. The minimum atomic E-state index is -0.00855. The highest BCUT2D eigenvalue weighted by molar-refractivity contribution is 5.94. The Morgan fingerprint density at radius 1 is 1.21 bits per heavy atom. The first-order valence-electron chi connectivity index (χ1n) is 13.2. The normalized spacial score (nSPS) is 15.9. The van der Waals surface area contributed by atoms with Crippen molar-refractivity contribution >= 4 is 17.4 Å². The number of hydrogen-bond donors (Lipinski definition) is 2. The van der Waals surface area contributed by atoms with Crippen molar-refractivity contribution < 1.29 is 9.53 Å². The average Bonchev–Trinajstić information content (AvgIpc) is 3.42. The van der Waals surface area contributed by atoms with E-state index in [-0.39, 0.29) is 12.0 Å². The lowest BCUT2D eigenvalue weighted by Crippen LogP contribution is -2.40. The number of hydrogen-bond acceptors (Lipinski definition) is 7. The summed E-state index contributed by atoms with van der Waals surface area (Å²) in [7, 11) is 0. The van der Waals surface area contributed by atoms with Gasteiger partial charge in [-0.3, -0.25) is 9.69 Å². The second-order valence-corrected chi connectivity index (χ2v) is 9.28. The summed E-state index contributed by atoms with van der Waals surface area (Å²) < 4.78 is 6.07. The summed E-state index contributed by atoms with van der Waals surface area (Å²) in [5, 5.41) is 15.7. The third kappa shape index (κ3) is 7.53. The van der Waals surface area contributed by atoms with Crippen molar-refractivity contribution in [3.8, 4) is 23.1 Å². The number of nitrogens with zero attached hydrogens (tertiary/aromatic N) is 4. The van der Waals surface area contributed by atoms with E-state index in [0.29, 0.717) is 36.8 Å². The number of carbonyl (C=O) groups excluding carboxylic acids is 1. The molecule has 8 heteroatoms. The quantitative estimate of drug-likeness (QED) is 0.321. The molecule has 200 valence electrons. The van der Waals surface area contributed by atoms with Crippen molar-refractivity contribution in [2.24, 2.45) is 0 Å². The highest BCUT2D eigenvalue weighted by Crippen LogP contribution is 2.31. The van der Waals surface area contributed by atoms with Gasteiger partial charge in [0.25, 0.3) is 0 Å². The van der Waals surface area contributed by atoms with Gasteiger partial charge in [0.1, 0.15) is 11.9 Å². The van der Waals surface area contributed by atoms with Crippen LogP contribution in [0.4, 0.5) is 11.5 Å². The van der Waals surface area contributed by atoms with Crippen molar-refractivity contribution in [1.29, 1.82) is 5.26 Å². The van der Waals surface area contributed by atoms with E-state index < -0.39 is 0 Å². The van der Waals surface area contributed by atoms with Crippen molar-refractivity contribution in [3.05, 3.63) is 90.8 Å². The van der Waals surface area contributed by atoms with Crippen LogP contribution in [0.1, 0.15) is 30.9 Å². The van der Waals surface area contributed by atoms with E-state index >= 15 is 0 Å². The van der Waals surface area contributed by atoms with Crippen molar-refractivity contribution in [3.63, 3.8) is 0 Å². The van der Waals surface area contributed by atoms with E-state index in [0.717, 1.165) is 42.7 Å². The van der Waals surface area contributed by atoms with Crippen LogP contribution in [0.3, 0.4) is 0 Å². The molecule has 0 spiro atoms. The molecule has 4 heterocycles. The molecule has 5 rings (SSSR count). The van der Waals surface area contributed by atoms with Gasteiger partial charge in [0.2, 0.25) is 11.8 Å². The van der Waals surface area contributed by atoms with Gasteiger partial charge in [-0.15, -0.1) is 0 Å². The van der Waals surface area contributed by atoms with Gasteiger partial charge in [0, 0.05) is 43.0 Å². The van der Waals surface area contributed by atoms with Gasteiger partial charge in [0.15, 0.2) is 0 Å². The molecular formula is C31H34N6O2. The van der Waals surface area contributed by atoms with Crippen molar-refractivity contribution in [2.75, 3.05) is 36.4 Å². The lowest BCUT2D eigenvalue weighted by atomic mass is 10.1. The van der Waals surface area contributed by atoms with Gasteiger partial charge in [-0.2, -0.15) is 5.26 Å². The lowest BCUT2D eigenvalue weighted by molar-refractivity contribution is -0.117. The number of aromatic nitrogens is 2. The molecule has 0 saturated carbocycles. The van der Waals surface area contributed by atoms with Crippen LogP contribution < -0.4 is 20.3 Å².